The molecular formula is C20H19N3O5. The summed E-state index contributed by atoms with van der Waals surface area (Å²) in [5.74, 6) is 1.88. The van der Waals surface area contributed by atoms with Crippen molar-refractivity contribution in [3.63, 3.8) is 0 Å². The van der Waals surface area contributed by atoms with Gasteiger partial charge in [-0.15, -0.1) is 0 Å². The fourth-order valence-electron chi connectivity index (χ4n) is 4.08. The molecule has 3 aliphatic rings. The number of carbonyl (C=O) groups is 2. The Kier molecular flexibility index (Phi) is 3.61. The molecule has 28 heavy (non-hydrogen) atoms. The van der Waals surface area contributed by atoms with Gasteiger partial charge in [-0.3, -0.25) is 4.79 Å². The molecule has 1 saturated heterocycles. The number of urea groups is 1. The van der Waals surface area contributed by atoms with Gasteiger partial charge < -0.3 is 29.7 Å². The molecular weight excluding hydrogens is 362 g/mol. The second-order valence-corrected chi connectivity index (χ2v) is 7.12. The number of fused-ring (bicyclic) bond motifs is 3. The molecule has 1 unspecified atom stereocenters. The third-order valence-electron chi connectivity index (χ3n) is 5.61. The van der Waals surface area contributed by atoms with Gasteiger partial charge in [-0.1, -0.05) is 0 Å². The van der Waals surface area contributed by atoms with Gasteiger partial charge in [0.25, 0.3) is 0 Å². The van der Waals surface area contributed by atoms with E-state index in [4.69, 9.17) is 14.2 Å². The first-order valence-corrected chi connectivity index (χ1v) is 9.05. The van der Waals surface area contributed by atoms with Crippen LogP contribution in [-0.2, 0) is 10.2 Å². The molecule has 1 atom stereocenters. The van der Waals surface area contributed by atoms with Crippen molar-refractivity contribution in [2.24, 2.45) is 0 Å². The number of rotatable bonds is 2. The summed E-state index contributed by atoms with van der Waals surface area (Å²) >= 11 is 0. The molecule has 3 heterocycles. The Morgan fingerprint density at radius 2 is 2.07 bits per heavy atom. The molecule has 8 heteroatoms. The van der Waals surface area contributed by atoms with Gasteiger partial charge >= 0.3 is 6.03 Å². The van der Waals surface area contributed by atoms with E-state index in [1.54, 1.807) is 30.2 Å². The SMILES string of the molecule is COc1ccc2c(c1)C1(CCN(C(=O)Nc3ccc4c(c3)OCO4)C1)C(=O)N2. The van der Waals surface area contributed by atoms with Crippen LogP contribution in [-0.4, -0.2) is 43.8 Å². The molecule has 144 valence electrons. The van der Waals surface area contributed by atoms with Crippen LogP contribution < -0.4 is 24.8 Å². The van der Waals surface area contributed by atoms with Gasteiger partial charge in [0.05, 0.1) is 12.5 Å². The summed E-state index contributed by atoms with van der Waals surface area (Å²) in [7, 11) is 1.60. The second kappa shape index (κ2) is 6.05. The molecule has 2 aromatic carbocycles. The number of nitrogens with one attached hydrogen (secondary N) is 2. The summed E-state index contributed by atoms with van der Waals surface area (Å²) < 4.78 is 15.9. The standard InChI is InChI=1S/C20H19N3O5/c1-26-13-3-4-15-14(9-13)20(18(24)22-15)6-7-23(10-20)19(25)21-12-2-5-16-17(8-12)28-11-27-16/h2-5,8-9H,6-7,10-11H2,1H3,(H,21,25)(H,22,24). The Balaban J connectivity index is 1.36. The molecule has 3 aliphatic heterocycles. The Hall–Kier alpha value is -3.42. The van der Waals surface area contributed by atoms with Crippen molar-refractivity contribution in [1.82, 2.24) is 4.90 Å². The van der Waals surface area contributed by atoms with Gasteiger partial charge in [-0.25, -0.2) is 4.79 Å². The van der Waals surface area contributed by atoms with E-state index in [-0.39, 0.29) is 18.7 Å². The summed E-state index contributed by atoms with van der Waals surface area (Å²) in [6, 6.07) is 10.5. The van der Waals surface area contributed by atoms with Crippen LogP contribution in [0.4, 0.5) is 16.2 Å². The maximum absolute atomic E-state index is 12.8. The minimum atomic E-state index is -0.740. The quantitative estimate of drug-likeness (QED) is 0.835. The molecule has 1 spiro atoms. The average molecular weight is 381 g/mol. The highest BCUT2D eigenvalue weighted by Gasteiger charge is 2.52. The first kappa shape index (κ1) is 16.7. The van der Waals surface area contributed by atoms with Crippen molar-refractivity contribution in [2.75, 3.05) is 37.6 Å². The third-order valence-corrected chi connectivity index (χ3v) is 5.61. The van der Waals surface area contributed by atoms with E-state index in [0.29, 0.717) is 42.4 Å². The first-order valence-electron chi connectivity index (χ1n) is 9.05. The highest BCUT2D eigenvalue weighted by atomic mass is 16.7. The topological polar surface area (TPSA) is 89.1 Å². The molecule has 1 fully saturated rings. The predicted molar refractivity (Wildman–Crippen MR) is 101 cm³/mol. The Bertz CT molecular complexity index is 992. The fourth-order valence-corrected chi connectivity index (χ4v) is 4.08. The summed E-state index contributed by atoms with van der Waals surface area (Å²) in [6.45, 7) is 0.981. The van der Waals surface area contributed by atoms with Gasteiger partial charge in [0.1, 0.15) is 5.75 Å². The lowest BCUT2D eigenvalue weighted by molar-refractivity contribution is -0.120. The predicted octanol–water partition coefficient (Wildman–Crippen LogP) is 2.55. The first-order chi connectivity index (χ1) is 13.6. The summed E-state index contributed by atoms with van der Waals surface area (Å²) in [6.07, 6.45) is 0.563. The van der Waals surface area contributed by atoms with Crippen molar-refractivity contribution in [3.05, 3.63) is 42.0 Å². The number of hydrogen-bond acceptors (Lipinski definition) is 5. The molecule has 3 amide bonds. The van der Waals surface area contributed by atoms with Crippen LogP contribution in [0.25, 0.3) is 0 Å². The van der Waals surface area contributed by atoms with E-state index in [1.165, 1.54) is 0 Å². The van der Waals surface area contributed by atoms with Gasteiger partial charge in [0, 0.05) is 30.5 Å². The number of likely N-dealkylation sites (tertiary alicyclic amines) is 1. The summed E-state index contributed by atoms with van der Waals surface area (Å²) in [5, 5.41) is 5.81. The maximum atomic E-state index is 12.8. The number of nitrogens with zero attached hydrogens (tertiary/aromatic N) is 1. The molecule has 0 aliphatic carbocycles. The van der Waals surface area contributed by atoms with Crippen LogP contribution in [0.15, 0.2) is 36.4 Å². The molecule has 0 bridgehead atoms. The van der Waals surface area contributed by atoms with Crippen molar-refractivity contribution in [1.29, 1.82) is 0 Å². The van der Waals surface area contributed by atoms with Crippen LogP contribution in [0, 0.1) is 0 Å². The van der Waals surface area contributed by atoms with Crippen molar-refractivity contribution in [3.8, 4) is 17.2 Å². The lowest BCUT2D eigenvalue weighted by Crippen LogP contribution is -2.40. The average Bonchev–Trinajstić information content (AvgIpc) is 3.41. The number of anilines is 2. The van der Waals surface area contributed by atoms with Gasteiger partial charge in [-0.05, 0) is 42.3 Å². The maximum Gasteiger partial charge on any atom is 0.321 e. The smallest absolute Gasteiger partial charge is 0.321 e. The van der Waals surface area contributed by atoms with Crippen LogP contribution in [0.3, 0.4) is 0 Å². The minimum Gasteiger partial charge on any atom is -0.497 e. The monoisotopic (exact) mass is 381 g/mol. The summed E-state index contributed by atoms with van der Waals surface area (Å²) in [4.78, 5) is 27.2. The summed E-state index contributed by atoms with van der Waals surface area (Å²) in [5.41, 5.74) is 1.54. The van der Waals surface area contributed by atoms with E-state index >= 15 is 0 Å². The molecule has 0 aromatic heterocycles. The van der Waals surface area contributed by atoms with Crippen molar-refractivity contribution >= 4 is 23.3 Å². The van der Waals surface area contributed by atoms with Gasteiger partial charge in [-0.2, -0.15) is 0 Å². The van der Waals surface area contributed by atoms with Crippen LogP contribution >= 0.6 is 0 Å². The van der Waals surface area contributed by atoms with E-state index < -0.39 is 5.41 Å². The third kappa shape index (κ3) is 2.45. The van der Waals surface area contributed by atoms with Gasteiger partial charge in [0.2, 0.25) is 12.7 Å². The number of ether oxygens (including phenoxy) is 3. The number of benzene rings is 2. The molecule has 0 saturated carbocycles. The number of amides is 3. The Morgan fingerprint density at radius 1 is 1.21 bits per heavy atom. The zero-order chi connectivity index (χ0) is 19.3. The van der Waals surface area contributed by atoms with E-state index in [1.807, 2.05) is 18.2 Å². The van der Waals surface area contributed by atoms with Crippen LogP contribution in [0.1, 0.15) is 12.0 Å². The second-order valence-electron chi connectivity index (χ2n) is 7.12. The highest BCUT2D eigenvalue weighted by Crippen LogP contribution is 2.45. The van der Waals surface area contributed by atoms with Gasteiger partial charge in [0.15, 0.2) is 11.5 Å². The van der Waals surface area contributed by atoms with Crippen molar-refractivity contribution < 1.29 is 23.8 Å². The zero-order valence-corrected chi connectivity index (χ0v) is 15.3. The van der Waals surface area contributed by atoms with Crippen LogP contribution in [0.2, 0.25) is 0 Å². The zero-order valence-electron chi connectivity index (χ0n) is 15.3. The highest BCUT2D eigenvalue weighted by molar-refractivity contribution is 6.07. The molecule has 2 aromatic rings. The van der Waals surface area contributed by atoms with E-state index in [9.17, 15) is 9.59 Å². The van der Waals surface area contributed by atoms with E-state index in [0.717, 1.165) is 11.3 Å². The van der Waals surface area contributed by atoms with Crippen molar-refractivity contribution in [2.45, 2.75) is 11.8 Å². The lowest BCUT2D eigenvalue weighted by Gasteiger charge is -2.23. The Labute approximate surface area is 161 Å². The van der Waals surface area contributed by atoms with E-state index in [2.05, 4.69) is 10.6 Å². The molecule has 2 N–H and O–H groups in total. The minimum absolute atomic E-state index is 0.0749. The fraction of sp³-hybridized carbons (Fsp3) is 0.300. The molecule has 5 rings (SSSR count). The normalized spacial score (nSPS) is 21.6. The molecule has 8 nitrogen and oxygen atoms in total. The Morgan fingerprint density at radius 3 is 2.93 bits per heavy atom. The largest absolute Gasteiger partial charge is 0.497 e. The molecule has 0 radical (unpaired) electrons. The lowest BCUT2D eigenvalue weighted by atomic mass is 9.81. The number of methoxy groups -OCH3 is 1. The van der Waals surface area contributed by atoms with Crippen LogP contribution in [0.5, 0.6) is 17.2 Å². The number of carbonyl (C=O) groups excluding carboxylic acids is 2. The number of hydrogen-bond donors (Lipinski definition) is 2.